The highest BCUT2D eigenvalue weighted by Gasteiger charge is 2.24. The molecule has 1 aliphatic heterocycles. The van der Waals surface area contributed by atoms with Gasteiger partial charge in [0.25, 0.3) is 0 Å². The Morgan fingerprint density at radius 3 is 2.78 bits per heavy atom. The molecule has 3 rings (SSSR count). The molecule has 1 aliphatic rings. The van der Waals surface area contributed by atoms with Gasteiger partial charge in [-0.25, -0.2) is 9.79 Å². The lowest BCUT2D eigenvalue weighted by Crippen LogP contribution is -2.29. The molecule has 0 unspecified atom stereocenters. The molecule has 0 saturated heterocycles. The fourth-order valence-corrected chi connectivity index (χ4v) is 2.53. The molecule has 0 aromatic heterocycles. The first-order chi connectivity index (χ1) is 13.0. The van der Waals surface area contributed by atoms with Crippen LogP contribution in [0.5, 0.6) is 11.5 Å². The van der Waals surface area contributed by atoms with E-state index in [1.165, 1.54) is 19.3 Å². The van der Waals surface area contributed by atoms with Gasteiger partial charge in [-0.3, -0.25) is 0 Å². The quantitative estimate of drug-likeness (QED) is 0.555. The Bertz CT molecular complexity index is 966. The van der Waals surface area contributed by atoms with Gasteiger partial charge in [-0.15, -0.1) is 0 Å². The van der Waals surface area contributed by atoms with Gasteiger partial charge in [-0.05, 0) is 42.0 Å². The standard InChI is InChI=1S/C19H14ClNO6/c1-25-16-8-11(5-6-15(16)26-10-17(22)23)7-14-19(24)27-18(21-14)12-3-2-4-13(20)9-12/h2-9H,10H2,1H3,(H,22,23)/p-1/b14-7-. The summed E-state index contributed by atoms with van der Waals surface area (Å²) in [7, 11) is 1.41. The first kappa shape index (κ1) is 18.5. The number of carbonyl (C=O) groups excluding carboxylic acids is 2. The van der Waals surface area contributed by atoms with Gasteiger partial charge in [0.05, 0.1) is 13.1 Å². The number of aliphatic imine (C=N–C) groups is 1. The lowest BCUT2D eigenvalue weighted by Gasteiger charge is -2.11. The monoisotopic (exact) mass is 386 g/mol. The highest BCUT2D eigenvalue weighted by Crippen LogP contribution is 2.29. The Balaban J connectivity index is 1.87. The molecule has 0 atom stereocenters. The third kappa shape index (κ3) is 4.45. The summed E-state index contributed by atoms with van der Waals surface area (Å²) >= 11 is 5.94. The highest BCUT2D eigenvalue weighted by atomic mass is 35.5. The number of nitrogens with zero attached hydrogens (tertiary/aromatic N) is 1. The SMILES string of the molecule is COc1cc(/C=C2\N=C(c3cccc(Cl)c3)OC2=O)ccc1OCC(=O)[O-]. The molecule has 0 aliphatic carbocycles. The molecule has 0 amide bonds. The number of esters is 1. The molecule has 7 nitrogen and oxygen atoms in total. The second kappa shape index (κ2) is 7.92. The highest BCUT2D eigenvalue weighted by molar-refractivity contribution is 6.31. The van der Waals surface area contributed by atoms with E-state index in [4.69, 9.17) is 25.8 Å². The summed E-state index contributed by atoms with van der Waals surface area (Å²) in [6.07, 6.45) is 1.52. The van der Waals surface area contributed by atoms with Crippen molar-refractivity contribution in [2.24, 2.45) is 4.99 Å². The molecule has 138 valence electrons. The lowest BCUT2D eigenvalue weighted by molar-refractivity contribution is -0.307. The number of methoxy groups -OCH3 is 1. The molecule has 2 aromatic carbocycles. The fraction of sp³-hybridized carbons (Fsp3) is 0.105. The number of carboxylic acids is 1. The molecular weight excluding hydrogens is 374 g/mol. The lowest BCUT2D eigenvalue weighted by atomic mass is 10.1. The smallest absolute Gasteiger partial charge is 0.363 e. The van der Waals surface area contributed by atoms with Crippen molar-refractivity contribution in [1.29, 1.82) is 0 Å². The maximum absolute atomic E-state index is 12.1. The van der Waals surface area contributed by atoms with Crippen LogP contribution < -0.4 is 14.6 Å². The van der Waals surface area contributed by atoms with Gasteiger partial charge in [0.1, 0.15) is 6.61 Å². The maximum atomic E-state index is 12.1. The molecular formula is C19H13ClNO6-. The summed E-state index contributed by atoms with van der Waals surface area (Å²) in [5.74, 6) is -1.24. The van der Waals surface area contributed by atoms with Crippen molar-refractivity contribution < 1.29 is 28.9 Å². The van der Waals surface area contributed by atoms with Crippen molar-refractivity contribution in [3.63, 3.8) is 0 Å². The number of carbonyl (C=O) groups is 2. The zero-order valence-corrected chi connectivity index (χ0v) is 14.9. The molecule has 27 heavy (non-hydrogen) atoms. The zero-order chi connectivity index (χ0) is 19.4. The molecule has 0 fully saturated rings. The number of hydrogen-bond acceptors (Lipinski definition) is 7. The molecule has 0 saturated carbocycles. The topological polar surface area (TPSA) is 97.2 Å². The summed E-state index contributed by atoms with van der Waals surface area (Å²) in [6, 6.07) is 11.5. The van der Waals surface area contributed by atoms with Crippen LogP contribution in [0.15, 0.2) is 53.2 Å². The third-order valence-corrected chi connectivity index (χ3v) is 3.76. The number of aliphatic carboxylic acids is 1. The van der Waals surface area contributed by atoms with Crippen molar-refractivity contribution >= 4 is 35.5 Å². The van der Waals surface area contributed by atoms with Crippen LogP contribution in [0.4, 0.5) is 0 Å². The van der Waals surface area contributed by atoms with E-state index < -0.39 is 18.5 Å². The van der Waals surface area contributed by atoms with Gasteiger partial charge < -0.3 is 24.1 Å². The summed E-state index contributed by atoms with van der Waals surface area (Å²) in [4.78, 5) is 26.8. The minimum Gasteiger partial charge on any atom is -0.546 e. The van der Waals surface area contributed by atoms with E-state index >= 15 is 0 Å². The van der Waals surface area contributed by atoms with Crippen LogP contribution in [-0.2, 0) is 14.3 Å². The zero-order valence-electron chi connectivity index (χ0n) is 14.1. The Morgan fingerprint density at radius 1 is 1.26 bits per heavy atom. The van der Waals surface area contributed by atoms with Crippen LogP contribution in [-0.4, -0.2) is 31.6 Å². The van der Waals surface area contributed by atoms with Gasteiger partial charge in [0, 0.05) is 10.6 Å². The summed E-state index contributed by atoms with van der Waals surface area (Å²) in [6.45, 7) is -0.601. The van der Waals surface area contributed by atoms with Gasteiger partial charge in [0.15, 0.2) is 17.2 Å². The van der Waals surface area contributed by atoms with E-state index in [-0.39, 0.29) is 17.3 Å². The molecule has 0 N–H and O–H groups in total. The second-order valence-corrected chi connectivity index (χ2v) is 5.85. The van der Waals surface area contributed by atoms with Crippen molar-refractivity contribution in [2.75, 3.05) is 13.7 Å². The van der Waals surface area contributed by atoms with E-state index in [9.17, 15) is 14.7 Å². The third-order valence-electron chi connectivity index (χ3n) is 3.53. The molecule has 0 radical (unpaired) electrons. The Kier molecular flexibility index (Phi) is 5.42. The molecule has 1 heterocycles. The number of carboxylic acid groups (broad SMARTS) is 1. The van der Waals surface area contributed by atoms with Gasteiger partial charge in [-0.1, -0.05) is 23.7 Å². The number of ether oxygens (including phenoxy) is 3. The van der Waals surface area contributed by atoms with Crippen LogP contribution in [0.2, 0.25) is 5.02 Å². The van der Waals surface area contributed by atoms with Crippen molar-refractivity contribution in [3.05, 3.63) is 64.3 Å². The largest absolute Gasteiger partial charge is 0.546 e. The number of benzene rings is 2. The number of halogens is 1. The van der Waals surface area contributed by atoms with Gasteiger partial charge >= 0.3 is 5.97 Å². The Morgan fingerprint density at radius 2 is 2.07 bits per heavy atom. The van der Waals surface area contributed by atoms with Crippen LogP contribution in [0.3, 0.4) is 0 Å². The molecule has 2 aromatic rings. The molecule has 0 bridgehead atoms. The molecule has 8 heteroatoms. The normalized spacial score (nSPS) is 14.7. The summed E-state index contributed by atoms with van der Waals surface area (Å²) < 4.78 is 15.4. The Hall–Kier alpha value is -3.32. The van der Waals surface area contributed by atoms with Crippen molar-refractivity contribution in [3.8, 4) is 11.5 Å². The second-order valence-electron chi connectivity index (χ2n) is 5.42. The van der Waals surface area contributed by atoms with Crippen LogP contribution in [0, 0.1) is 0 Å². The van der Waals surface area contributed by atoms with E-state index in [1.54, 1.807) is 36.4 Å². The van der Waals surface area contributed by atoms with E-state index in [0.29, 0.717) is 21.9 Å². The fourth-order valence-electron chi connectivity index (χ4n) is 2.34. The Labute approximate surface area is 159 Å². The average Bonchev–Trinajstić information content (AvgIpc) is 3.01. The van der Waals surface area contributed by atoms with E-state index in [1.807, 2.05) is 0 Å². The van der Waals surface area contributed by atoms with E-state index in [2.05, 4.69) is 4.99 Å². The minimum atomic E-state index is -1.35. The van der Waals surface area contributed by atoms with Crippen molar-refractivity contribution in [1.82, 2.24) is 0 Å². The summed E-state index contributed by atoms with van der Waals surface area (Å²) in [5.41, 5.74) is 1.29. The first-order valence-corrected chi connectivity index (χ1v) is 8.13. The van der Waals surface area contributed by atoms with Crippen LogP contribution >= 0.6 is 11.6 Å². The predicted molar refractivity (Wildman–Crippen MR) is 95.6 cm³/mol. The van der Waals surface area contributed by atoms with Crippen molar-refractivity contribution in [2.45, 2.75) is 0 Å². The number of rotatable bonds is 6. The maximum Gasteiger partial charge on any atom is 0.363 e. The van der Waals surface area contributed by atoms with Crippen LogP contribution in [0.25, 0.3) is 6.08 Å². The number of hydrogen-bond donors (Lipinski definition) is 0. The average molecular weight is 387 g/mol. The molecule has 0 spiro atoms. The number of cyclic esters (lactones) is 1. The first-order valence-electron chi connectivity index (χ1n) is 7.75. The van der Waals surface area contributed by atoms with Crippen LogP contribution in [0.1, 0.15) is 11.1 Å². The summed E-state index contributed by atoms with van der Waals surface area (Å²) in [5, 5.41) is 11.0. The minimum absolute atomic E-state index is 0.107. The van der Waals surface area contributed by atoms with Gasteiger partial charge in [0.2, 0.25) is 5.90 Å². The van der Waals surface area contributed by atoms with Gasteiger partial charge in [-0.2, -0.15) is 0 Å². The van der Waals surface area contributed by atoms with E-state index in [0.717, 1.165) is 0 Å². The predicted octanol–water partition coefficient (Wildman–Crippen LogP) is 1.82.